The van der Waals surface area contributed by atoms with Crippen LogP contribution >= 0.6 is 15.9 Å². The number of hydrogen-bond acceptors (Lipinski definition) is 4. The summed E-state index contributed by atoms with van der Waals surface area (Å²) in [6.45, 7) is 0. The lowest BCUT2D eigenvalue weighted by atomic mass is 9.97. The summed E-state index contributed by atoms with van der Waals surface area (Å²) >= 11 is 3.33. The fourth-order valence-corrected chi connectivity index (χ4v) is 1.90. The Balaban J connectivity index is 2.97. The second kappa shape index (κ2) is 6.00. The molecule has 17 heavy (non-hydrogen) atoms. The zero-order valence-corrected chi connectivity index (χ0v) is 11.0. The fourth-order valence-electron chi connectivity index (χ4n) is 1.52. The molecule has 5 N–H and O–H groups in total. The van der Waals surface area contributed by atoms with Gasteiger partial charge in [-0.3, -0.25) is 4.79 Å². The predicted octanol–water partition coefficient (Wildman–Crippen LogP) is 1.26. The van der Waals surface area contributed by atoms with E-state index in [-0.39, 0.29) is 6.42 Å². The van der Waals surface area contributed by atoms with Gasteiger partial charge in [-0.1, -0.05) is 15.9 Å². The van der Waals surface area contributed by atoms with Crippen LogP contribution in [0.1, 0.15) is 18.0 Å². The van der Waals surface area contributed by atoms with Gasteiger partial charge >= 0.3 is 5.97 Å². The van der Waals surface area contributed by atoms with Gasteiger partial charge in [0.25, 0.3) is 0 Å². The average Bonchev–Trinajstić information content (AvgIpc) is 2.27. The second-order valence-corrected chi connectivity index (χ2v) is 4.59. The molecule has 0 aliphatic carbocycles. The maximum Gasteiger partial charge on any atom is 0.304 e. The van der Waals surface area contributed by atoms with Gasteiger partial charge in [0.1, 0.15) is 5.75 Å². The van der Waals surface area contributed by atoms with Gasteiger partial charge < -0.3 is 21.3 Å². The molecule has 2 unspecified atom stereocenters. The molecule has 0 aliphatic rings. The van der Waals surface area contributed by atoms with Crippen molar-refractivity contribution in [1.29, 1.82) is 0 Å². The zero-order chi connectivity index (χ0) is 13.0. The van der Waals surface area contributed by atoms with Gasteiger partial charge in [0, 0.05) is 22.1 Å². The zero-order valence-electron chi connectivity index (χ0n) is 9.39. The van der Waals surface area contributed by atoms with E-state index in [9.17, 15) is 4.79 Å². The largest absolute Gasteiger partial charge is 0.496 e. The van der Waals surface area contributed by atoms with Crippen molar-refractivity contribution in [2.45, 2.75) is 18.5 Å². The van der Waals surface area contributed by atoms with Crippen LogP contribution < -0.4 is 16.2 Å². The highest BCUT2D eigenvalue weighted by atomic mass is 79.9. The van der Waals surface area contributed by atoms with Crippen LogP contribution in [0.15, 0.2) is 22.7 Å². The molecule has 1 aromatic carbocycles. The van der Waals surface area contributed by atoms with Crippen LogP contribution in [0.2, 0.25) is 0 Å². The Kier molecular flexibility index (Phi) is 4.92. The molecule has 94 valence electrons. The molecule has 0 radical (unpaired) electrons. The van der Waals surface area contributed by atoms with E-state index in [4.69, 9.17) is 21.3 Å². The van der Waals surface area contributed by atoms with Crippen LogP contribution in [-0.2, 0) is 4.79 Å². The number of nitrogens with two attached hydrogens (primary N) is 2. The normalized spacial score (nSPS) is 14.1. The van der Waals surface area contributed by atoms with Crippen molar-refractivity contribution in [1.82, 2.24) is 0 Å². The van der Waals surface area contributed by atoms with Crippen molar-refractivity contribution in [3.05, 3.63) is 28.2 Å². The number of hydrogen-bond donors (Lipinski definition) is 3. The average molecular weight is 303 g/mol. The summed E-state index contributed by atoms with van der Waals surface area (Å²) in [6, 6.07) is 4.12. The third-order valence-corrected chi connectivity index (χ3v) is 2.92. The van der Waals surface area contributed by atoms with Crippen LogP contribution in [0.5, 0.6) is 5.75 Å². The first-order valence-electron chi connectivity index (χ1n) is 5.02. The maximum atomic E-state index is 10.6. The Labute approximate surface area is 108 Å². The number of carboxylic acid groups (broad SMARTS) is 1. The molecule has 0 amide bonds. The number of methoxy groups -OCH3 is 1. The van der Waals surface area contributed by atoms with Crippen LogP contribution in [0.3, 0.4) is 0 Å². The van der Waals surface area contributed by atoms with E-state index < -0.39 is 18.1 Å². The van der Waals surface area contributed by atoms with Crippen molar-refractivity contribution in [3.8, 4) is 5.75 Å². The highest BCUT2D eigenvalue weighted by Crippen LogP contribution is 2.29. The molecule has 0 aliphatic heterocycles. The van der Waals surface area contributed by atoms with E-state index in [1.165, 1.54) is 7.11 Å². The number of ether oxygens (including phenoxy) is 1. The SMILES string of the molecule is COc1ccc(Br)cc1C(N)C(N)CC(=O)O. The maximum absolute atomic E-state index is 10.6. The lowest BCUT2D eigenvalue weighted by Gasteiger charge is -2.21. The molecular weight excluding hydrogens is 288 g/mol. The highest BCUT2D eigenvalue weighted by molar-refractivity contribution is 9.10. The number of aliphatic carboxylic acids is 1. The van der Waals surface area contributed by atoms with Gasteiger partial charge in [0.2, 0.25) is 0 Å². The second-order valence-electron chi connectivity index (χ2n) is 3.67. The number of halogens is 1. The van der Waals surface area contributed by atoms with E-state index in [2.05, 4.69) is 15.9 Å². The third-order valence-electron chi connectivity index (χ3n) is 2.42. The highest BCUT2D eigenvalue weighted by Gasteiger charge is 2.21. The molecule has 0 bridgehead atoms. The van der Waals surface area contributed by atoms with Gasteiger partial charge in [0.15, 0.2) is 0 Å². The van der Waals surface area contributed by atoms with Gasteiger partial charge in [-0.25, -0.2) is 0 Å². The fraction of sp³-hybridized carbons (Fsp3) is 0.364. The smallest absolute Gasteiger partial charge is 0.304 e. The summed E-state index contributed by atoms with van der Waals surface area (Å²) in [6.07, 6.45) is -0.184. The molecule has 0 aromatic heterocycles. The molecular formula is C11H15BrN2O3. The first-order valence-corrected chi connectivity index (χ1v) is 5.81. The van der Waals surface area contributed by atoms with Crippen molar-refractivity contribution in [2.24, 2.45) is 11.5 Å². The Bertz CT molecular complexity index is 412. The minimum absolute atomic E-state index is 0.184. The summed E-state index contributed by atoms with van der Waals surface area (Å²) in [5, 5.41) is 8.68. The van der Waals surface area contributed by atoms with Crippen LogP contribution in [-0.4, -0.2) is 24.2 Å². The molecule has 2 atom stereocenters. The summed E-state index contributed by atoms with van der Waals surface area (Å²) in [4.78, 5) is 10.6. The molecule has 0 saturated carbocycles. The molecule has 0 heterocycles. The van der Waals surface area contributed by atoms with Crippen molar-refractivity contribution < 1.29 is 14.6 Å². The molecule has 1 aromatic rings. The molecule has 0 fully saturated rings. The first kappa shape index (κ1) is 14.0. The van der Waals surface area contributed by atoms with E-state index >= 15 is 0 Å². The van der Waals surface area contributed by atoms with Crippen LogP contribution in [0.25, 0.3) is 0 Å². The molecule has 0 saturated heterocycles. The number of carbonyl (C=O) groups is 1. The molecule has 1 rings (SSSR count). The van der Waals surface area contributed by atoms with Gasteiger partial charge in [-0.2, -0.15) is 0 Å². The third kappa shape index (κ3) is 3.69. The van der Waals surface area contributed by atoms with Crippen molar-refractivity contribution in [3.63, 3.8) is 0 Å². The summed E-state index contributed by atoms with van der Waals surface area (Å²) in [5.74, 6) is -0.372. The lowest BCUT2D eigenvalue weighted by molar-refractivity contribution is -0.137. The van der Waals surface area contributed by atoms with Crippen LogP contribution in [0.4, 0.5) is 0 Å². The number of benzene rings is 1. The lowest BCUT2D eigenvalue weighted by Crippen LogP contribution is -2.36. The number of carboxylic acids is 1. The Hall–Kier alpha value is -1.11. The van der Waals surface area contributed by atoms with Gasteiger partial charge in [0.05, 0.1) is 13.5 Å². The van der Waals surface area contributed by atoms with E-state index in [0.717, 1.165) is 4.47 Å². The summed E-state index contributed by atoms with van der Waals surface area (Å²) in [7, 11) is 1.53. The monoisotopic (exact) mass is 302 g/mol. The summed E-state index contributed by atoms with van der Waals surface area (Å²) < 4.78 is 6.01. The minimum atomic E-state index is -0.970. The summed E-state index contributed by atoms with van der Waals surface area (Å²) in [5.41, 5.74) is 12.4. The quantitative estimate of drug-likeness (QED) is 0.760. The number of rotatable bonds is 5. The predicted molar refractivity (Wildman–Crippen MR) is 67.9 cm³/mol. The molecule has 6 heteroatoms. The first-order chi connectivity index (χ1) is 7.95. The Morgan fingerprint density at radius 1 is 1.53 bits per heavy atom. The van der Waals surface area contributed by atoms with Gasteiger partial charge in [-0.15, -0.1) is 0 Å². The van der Waals surface area contributed by atoms with Crippen LogP contribution in [0, 0.1) is 0 Å². The minimum Gasteiger partial charge on any atom is -0.496 e. The van der Waals surface area contributed by atoms with Crippen molar-refractivity contribution >= 4 is 21.9 Å². The van der Waals surface area contributed by atoms with E-state index in [1.54, 1.807) is 12.1 Å². The van der Waals surface area contributed by atoms with E-state index in [0.29, 0.717) is 11.3 Å². The standard InChI is InChI=1S/C11H15BrN2O3/c1-17-9-3-2-6(12)4-7(9)11(14)8(13)5-10(15)16/h2-4,8,11H,5,13-14H2,1H3,(H,15,16). The topological polar surface area (TPSA) is 98.6 Å². The van der Waals surface area contributed by atoms with Gasteiger partial charge in [-0.05, 0) is 18.2 Å². The Morgan fingerprint density at radius 2 is 2.18 bits per heavy atom. The van der Waals surface area contributed by atoms with E-state index in [1.807, 2.05) is 6.07 Å². The van der Waals surface area contributed by atoms with Crippen molar-refractivity contribution in [2.75, 3.05) is 7.11 Å². The Morgan fingerprint density at radius 3 is 2.71 bits per heavy atom. The molecule has 5 nitrogen and oxygen atoms in total. The molecule has 0 spiro atoms.